The van der Waals surface area contributed by atoms with Crippen molar-refractivity contribution < 1.29 is 62.7 Å². The Bertz CT molecular complexity index is 1940. The molecule has 0 aromatic heterocycles. The predicted molar refractivity (Wildman–Crippen MR) is 191 cm³/mol. The lowest BCUT2D eigenvalue weighted by Crippen LogP contribution is -2.71. The second kappa shape index (κ2) is 14.3. The van der Waals surface area contributed by atoms with Gasteiger partial charge in [0.1, 0.15) is 42.5 Å². The second-order valence-corrected chi connectivity index (χ2v) is 16.1. The number of hydroxylamine groups is 2. The molecular weight excluding hydrogens is 730 g/mol. The van der Waals surface area contributed by atoms with Crippen molar-refractivity contribution in [2.75, 3.05) is 19.8 Å². The van der Waals surface area contributed by atoms with Crippen molar-refractivity contribution in [2.24, 2.45) is 10.8 Å². The minimum atomic E-state index is -1.64. The van der Waals surface area contributed by atoms with Crippen LogP contribution < -0.4 is 10.6 Å². The quantitative estimate of drug-likeness (QED) is 0.137. The number of aliphatic hydroxyl groups excluding tert-OH is 2. The molecule has 4 aliphatic heterocycles. The van der Waals surface area contributed by atoms with Crippen molar-refractivity contribution in [1.29, 1.82) is 0 Å². The monoisotopic (exact) mass is 775 g/mol. The van der Waals surface area contributed by atoms with Crippen LogP contribution >= 0.6 is 0 Å². The van der Waals surface area contributed by atoms with Crippen molar-refractivity contribution in [2.45, 2.75) is 101 Å². The molecule has 2 aliphatic carbocycles. The Balaban J connectivity index is 1.08. The molecule has 16 heteroatoms. The third kappa shape index (κ3) is 6.57. The first-order chi connectivity index (χ1) is 26.7. The summed E-state index contributed by atoms with van der Waals surface area (Å²) in [7, 11) is 0. The van der Waals surface area contributed by atoms with E-state index < -0.39 is 95.0 Å². The number of rotatable bonds is 11. The van der Waals surface area contributed by atoms with E-state index in [4.69, 9.17) is 28.5 Å². The number of aliphatic hydroxyl groups is 2. The van der Waals surface area contributed by atoms with Crippen molar-refractivity contribution in [3.05, 3.63) is 76.9 Å². The zero-order valence-electron chi connectivity index (χ0n) is 31.2. The van der Waals surface area contributed by atoms with Gasteiger partial charge < -0.3 is 44.5 Å². The summed E-state index contributed by atoms with van der Waals surface area (Å²) >= 11 is 0. The van der Waals surface area contributed by atoms with Crippen molar-refractivity contribution in [3.63, 3.8) is 0 Å². The van der Waals surface area contributed by atoms with Crippen LogP contribution in [-0.2, 0) is 71.9 Å². The third-order valence-corrected chi connectivity index (χ3v) is 11.6. The van der Waals surface area contributed by atoms with E-state index in [-0.39, 0.29) is 32.7 Å². The maximum absolute atomic E-state index is 14.8. The molecule has 298 valence electrons. The van der Waals surface area contributed by atoms with Gasteiger partial charge in [-0.3, -0.25) is 19.2 Å². The van der Waals surface area contributed by atoms with E-state index in [1.165, 1.54) is 24.1 Å². The Hall–Kier alpha value is -4.71. The van der Waals surface area contributed by atoms with Gasteiger partial charge in [-0.05, 0) is 35.3 Å². The summed E-state index contributed by atoms with van der Waals surface area (Å²) in [6, 6.07) is 12.3. The largest absolute Gasteiger partial charge is 0.462 e. The van der Waals surface area contributed by atoms with E-state index in [1.54, 1.807) is 38.1 Å². The van der Waals surface area contributed by atoms with Crippen LogP contribution in [0.5, 0.6) is 0 Å². The summed E-state index contributed by atoms with van der Waals surface area (Å²) < 4.78 is 29.9. The fraction of sp³-hybridized carbons (Fsp3) is 0.525. The zero-order valence-corrected chi connectivity index (χ0v) is 31.2. The van der Waals surface area contributed by atoms with Crippen LogP contribution in [0.3, 0.4) is 0 Å². The van der Waals surface area contributed by atoms with Gasteiger partial charge in [0.2, 0.25) is 17.9 Å². The molecule has 4 saturated heterocycles. The molecule has 9 unspecified atom stereocenters. The Labute approximate surface area is 322 Å². The summed E-state index contributed by atoms with van der Waals surface area (Å²) in [5.74, 6) is -4.53. The minimum Gasteiger partial charge on any atom is -0.462 e. The lowest BCUT2D eigenvalue weighted by atomic mass is 9.62. The van der Waals surface area contributed by atoms with Crippen molar-refractivity contribution in [1.82, 2.24) is 15.7 Å². The summed E-state index contributed by atoms with van der Waals surface area (Å²) in [6.07, 6.45) is -2.29. The molecule has 8 rings (SSSR count). The van der Waals surface area contributed by atoms with Crippen LogP contribution in [-0.4, -0.2) is 119 Å². The molecule has 9 atom stereocenters. The smallest absolute Gasteiger partial charge is 0.348 e. The molecule has 2 bridgehead atoms. The third-order valence-electron chi connectivity index (χ3n) is 11.6. The number of nitrogens with zero attached hydrogens (tertiary/aromatic N) is 1. The van der Waals surface area contributed by atoms with E-state index in [0.717, 1.165) is 11.1 Å². The van der Waals surface area contributed by atoms with E-state index in [0.29, 0.717) is 24.0 Å². The summed E-state index contributed by atoms with van der Waals surface area (Å²) in [6.45, 7) is 4.60. The Morgan fingerprint density at radius 3 is 2.45 bits per heavy atom. The summed E-state index contributed by atoms with van der Waals surface area (Å²) in [5.41, 5.74) is 1.08. The van der Waals surface area contributed by atoms with Gasteiger partial charge in [-0.2, -0.15) is 5.06 Å². The fourth-order valence-corrected chi connectivity index (χ4v) is 8.96. The highest BCUT2D eigenvalue weighted by Crippen LogP contribution is 2.58. The number of fused-ring (bicyclic) bond motifs is 5. The molecule has 16 nitrogen and oxygen atoms in total. The van der Waals surface area contributed by atoms with Crippen LogP contribution in [0.2, 0.25) is 0 Å². The highest BCUT2D eigenvalue weighted by molar-refractivity contribution is 5.96. The lowest BCUT2D eigenvalue weighted by molar-refractivity contribution is -0.217. The normalized spacial score (nSPS) is 31.7. The number of nitrogens with one attached hydrogen (secondary N) is 2. The Kier molecular flexibility index (Phi) is 9.78. The van der Waals surface area contributed by atoms with Crippen LogP contribution in [0.15, 0.2) is 54.6 Å². The van der Waals surface area contributed by atoms with Gasteiger partial charge in [0, 0.05) is 37.3 Å². The lowest BCUT2D eigenvalue weighted by Gasteiger charge is -2.49. The van der Waals surface area contributed by atoms with Crippen LogP contribution in [0, 0.1) is 10.8 Å². The van der Waals surface area contributed by atoms with E-state index in [9.17, 15) is 34.2 Å². The average molecular weight is 776 g/mol. The maximum atomic E-state index is 14.8. The molecule has 0 radical (unpaired) electrons. The van der Waals surface area contributed by atoms with Gasteiger partial charge >= 0.3 is 17.9 Å². The predicted octanol–water partition coefficient (Wildman–Crippen LogP) is 0.248. The number of benzene rings is 2. The number of cyclic esters (lactones) is 1. The van der Waals surface area contributed by atoms with Gasteiger partial charge in [-0.25, -0.2) is 9.59 Å². The van der Waals surface area contributed by atoms with Gasteiger partial charge in [0.15, 0.2) is 11.8 Å². The first-order valence-electron chi connectivity index (χ1n) is 18.8. The minimum absolute atomic E-state index is 0.00413. The Morgan fingerprint density at radius 2 is 1.77 bits per heavy atom. The molecule has 2 aromatic rings. The summed E-state index contributed by atoms with van der Waals surface area (Å²) in [5, 5.41) is 26.5. The number of hydrogen-bond donors (Lipinski definition) is 4. The van der Waals surface area contributed by atoms with E-state index >= 15 is 0 Å². The number of hydrogen-bond acceptors (Lipinski definition) is 14. The Morgan fingerprint density at radius 1 is 1.04 bits per heavy atom. The standard InChI is InChI=1S/C40H45N3O13/c1-21(45)28(34(47)41-13-14-44)42-37(50)40-18-26-29-30(55-39(54-29)16-24-9-4-5-10-25(24)17-39)32(40)56-43(31(40)35(48)52-26)19-23-8-6-7-22(15-23)11-12-27(46)53-33-36(49)51-20-38(33,2)3/h4-12,15,21,26,28-33,44-45H,13-14,16-20H2,1-3H3,(H,41,47)(H,42,50). The van der Waals surface area contributed by atoms with E-state index in [2.05, 4.69) is 10.6 Å². The van der Waals surface area contributed by atoms with Crippen molar-refractivity contribution in [3.8, 4) is 0 Å². The number of ether oxygens (including phenoxy) is 5. The molecule has 1 saturated carbocycles. The van der Waals surface area contributed by atoms with Crippen LogP contribution in [0.1, 0.15) is 49.4 Å². The molecular formula is C40H45N3O13. The molecule has 4 N–H and O–H groups in total. The molecule has 6 aliphatic rings. The number of amides is 2. The average Bonchev–Trinajstić information content (AvgIpc) is 3.89. The van der Waals surface area contributed by atoms with Crippen molar-refractivity contribution >= 4 is 35.8 Å². The van der Waals surface area contributed by atoms with Gasteiger partial charge in [0.25, 0.3) is 0 Å². The topological polar surface area (TPSA) is 208 Å². The molecule has 2 aromatic carbocycles. The molecule has 5 fully saturated rings. The summed E-state index contributed by atoms with van der Waals surface area (Å²) in [4.78, 5) is 73.4. The SMILES string of the molecule is CC(O)C(NC(=O)C12CC3OC(=O)C1N(Cc1cccc(C=CC(=O)OC4C(=O)OCC4(C)C)c1)OC2C1OC2(Cc4ccccc4C2)OC31)C(=O)NCCO. The molecule has 4 heterocycles. The first kappa shape index (κ1) is 38.2. The molecule has 56 heavy (non-hydrogen) atoms. The highest BCUT2D eigenvalue weighted by Gasteiger charge is 2.76. The number of carbonyl (C=O) groups is 5. The van der Waals surface area contributed by atoms with Gasteiger partial charge in [0.05, 0.1) is 19.3 Å². The number of esters is 3. The maximum Gasteiger partial charge on any atom is 0.348 e. The van der Waals surface area contributed by atoms with Gasteiger partial charge in [-0.15, -0.1) is 0 Å². The van der Waals surface area contributed by atoms with E-state index in [1.807, 2.05) is 24.3 Å². The van der Waals surface area contributed by atoms with Crippen LogP contribution in [0.4, 0.5) is 0 Å². The second-order valence-electron chi connectivity index (χ2n) is 16.1. The molecule has 1 spiro atoms. The zero-order chi connectivity index (χ0) is 39.6. The first-order valence-corrected chi connectivity index (χ1v) is 18.8. The fourth-order valence-electron chi connectivity index (χ4n) is 8.96. The van der Waals surface area contributed by atoms with Gasteiger partial charge in [-0.1, -0.05) is 62.4 Å². The number of carbonyl (C=O) groups excluding carboxylic acids is 5. The molecule has 2 amide bonds. The van der Waals surface area contributed by atoms with Crippen LogP contribution in [0.25, 0.3) is 6.08 Å². The highest BCUT2D eigenvalue weighted by atomic mass is 16.8.